The Labute approximate surface area is 186 Å². The summed E-state index contributed by atoms with van der Waals surface area (Å²) < 4.78 is 3.48. The van der Waals surface area contributed by atoms with Gasteiger partial charge in [-0.2, -0.15) is 5.10 Å². The highest BCUT2D eigenvalue weighted by atomic mass is 32.1. The van der Waals surface area contributed by atoms with Gasteiger partial charge in [0.15, 0.2) is 0 Å². The summed E-state index contributed by atoms with van der Waals surface area (Å²) in [6.45, 7) is 7.10. The molecule has 1 aromatic carbocycles. The van der Waals surface area contributed by atoms with Gasteiger partial charge in [0.1, 0.15) is 0 Å². The molecule has 31 heavy (non-hydrogen) atoms. The smallest absolute Gasteiger partial charge is 0.209 e. The molecule has 0 aliphatic carbocycles. The van der Waals surface area contributed by atoms with Crippen LogP contribution in [0.2, 0.25) is 0 Å². The average molecular weight is 431 g/mol. The molecule has 0 unspecified atom stereocenters. The highest BCUT2D eigenvalue weighted by molar-refractivity contribution is 7.20. The summed E-state index contributed by atoms with van der Waals surface area (Å²) in [4.78, 5) is 4.82. The average Bonchev–Trinajstić information content (AvgIpc) is 3.31. The fourth-order valence-corrected chi connectivity index (χ4v) is 4.44. The minimum absolute atomic E-state index is 0.252. The number of hydrogen-bond donors (Lipinski definition) is 2. The van der Waals surface area contributed by atoms with E-state index in [1.165, 1.54) is 16.8 Å². The number of thiophene rings is 1. The maximum Gasteiger partial charge on any atom is 0.209 e. The van der Waals surface area contributed by atoms with Gasteiger partial charge >= 0.3 is 0 Å². The molecule has 3 aromatic rings. The Hall–Kier alpha value is -3.50. The third kappa shape index (κ3) is 4.98. The first-order valence-electron chi connectivity index (χ1n) is 10.2. The minimum Gasteiger partial charge on any atom is -0.340 e. The molecule has 158 valence electrons. The summed E-state index contributed by atoms with van der Waals surface area (Å²) in [7, 11) is 0. The van der Waals surface area contributed by atoms with Gasteiger partial charge in [-0.1, -0.05) is 31.3 Å². The van der Waals surface area contributed by atoms with E-state index in [-0.39, 0.29) is 5.84 Å². The lowest BCUT2D eigenvalue weighted by Crippen LogP contribution is -2.01. The molecule has 0 bridgehead atoms. The Balaban J connectivity index is 2.02. The molecule has 0 saturated heterocycles. The molecule has 7 heteroatoms. The van der Waals surface area contributed by atoms with E-state index < -0.39 is 0 Å². The predicted molar refractivity (Wildman–Crippen MR) is 131 cm³/mol. The van der Waals surface area contributed by atoms with Gasteiger partial charge in [0.05, 0.1) is 20.8 Å². The summed E-state index contributed by atoms with van der Waals surface area (Å²) in [5.41, 5.74) is 12.9. The van der Waals surface area contributed by atoms with Crippen molar-refractivity contribution in [1.29, 1.82) is 5.53 Å². The SMILES string of the molecule is CC=N/C=C\C#Cc1ccc(-c2cc3sc(C(N=N)=NN)cc3n2CCCC)c(C)c1. The molecule has 0 aliphatic heterocycles. The zero-order valence-electron chi connectivity index (χ0n) is 18.0. The minimum atomic E-state index is 0.252. The quantitative estimate of drug-likeness (QED) is 0.122. The van der Waals surface area contributed by atoms with Crippen molar-refractivity contribution in [2.75, 3.05) is 0 Å². The molecular weight excluding hydrogens is 404 g/mol. The number of nitrogens with zero attached hydrogens (tertiary/aromatic N) is 4. The zero-order valence-corrected chi connectivity index (χ0v) is 18.8. The van der Waals surface area contributed by atoms with E-state index in [1.54, 1.807) is 29.8 Å². The van der Waals surface area contributed by atoms with Crippen molar-refractivity contribution in [3.63, 3.8) is 0 Å². The lowest BCUT2D eigenvalue weighted by Gasteiger charge is -2.12. The van der Waals surface area contributed by atoms with E-state index in [2.05, 4.69) is 69.7 Å². The number of allylic oxidation sites excluding steroid dienone is 1. The van der Waals surface area contributed by atoms with Crippen molar-refractivity contribution in [3.05, 3.63) is 58.6 Å². The van der Waals surface area contributed by atoms with Gasteiger partial charge in [0, 0.05) is 36.2 Å². The number of amidine groups is 1. The summed E-state index contributed by atoms with van der Waals surface area (Å²) in [6.07, 6.45) is 7.34. The summed E-state index contributed by atoms with van der Waals surface area (Å²) in [5.74, 6) is 11.8. The zero-order chi connectivity index (χ0) is 22.2. The number of aliphatic imine (C=N–C) groups is 1. The van der Waals surface area contributed by atoms with Crippen LogP contribution < -0.4 is 5.84 Å². The van der Waals surface area contributed by atoms with E-state index in [9.17, 15) is 0 Å². The van der Waals surface area contributed by atoms with Gasteiger partial charge in [-0.05, 0) is 50.1 Å². The van der Waals surface area contributed by atoms with E-state index in [0.717, 1.165) is 40.0 Å². The molecule has 2 aromatic heterocycles. The molecule has 0 fully saturated rings. The van der Waals surface area contributed by atoms with Crippen molar-refractivity contribution in [2.45, 2.75) is 40.2 Å². The number of hydrogen-bond acceptors (Lipinski definition) is 5. The highest BCUT2D eigenvalue weighted by Crippen LogP contribution is 2.36. The number of rotatable bonds is 6. The van der Waals surface area contributed by atoms with Crippen LogP contribution in [0.3, 0.4) is 0 Å². The standard InChI is InChI=1S/C24H26N6S/c1-4-6-13-30-20(15-22-21(30)16-23(31-22)24(28-25)29-26)19-11-10-18(14-17(19)3)9-7-8-12-27-5-2/h5,8,10-12,14-16,25H,4,6,13,26H2,1-3H3/b12-8-,27-5?,28-25?,29-24?. The molecule has 6 nitrogen and oxygen atoms in total. The summed E-state index contributed by atoms with van der Waals surface area (Å²) >= 11 is 1.56. The van der Waals surface area contributed by atoms with Crippen LogP contribution in [0.25, 0.3) is 21.5 Å². The van der Waals surface area contributed by atoms with E-state index in [4.69, 9.17) is 11.4 Å². The monoisotopic (exact) mass is 430 g/mol. The number of nitrogens with two attached hydrogens (primary N) is 1. The molecule has 0 amide bonds. The van der Waals surface area contributed by atoms with Crippen molar-refractivity contribution >= 4 is 33.6 Å². The number of benzene rings is 1. The van der Waals surface area contributed by atoms with E-state index >= 15 is 0 Å². The van der Waals surface area contributed by atoms with Crippen LogP contribution in [0.5, 0.6) is 0 Å². The molecule has 3 rings (SSSR count). The third-order valence-electron chi connectivity index (χ3n) is 4.89. The number of aromatic nitrogens is 1. The number of aryl methyl sites for hydroxylation is 2. The Kier molecular flexibility index (Phi) is 7.52. The van der Waals surface area contributed by atoms with Gasteiger partial charge in [-0.25, -0.2) is 5.53 Å². The Bertz CT molecular complexity index is 1230. The third-order valence-corrected chi connectivity index (χ3v) is 5.95. The molecule has 2 heterocycles. The van der Waals surface area contributed by atoms with Crippen LogP contribution in [0, 0.1) is 24.3 Å². The lowest BCUT2D eigenvalue weighted by atomic mass is 10.0. The van der Waals surface area contributed by atoms with E-state index in [1.807, 2.05) is 13.0 Å². The normalized spacial score (nSPS) is 12.0. The van der Waals surface area contributed by atoms with Gasteiger partial charge in [-0.3, -0.25) is 4.99 Å². The number of nitrogens with one attached hydrogen (secondary N) is 1. The lowest BCUT2D eigenvalue weighted by molar-refractivity contribution is 0.654. The Morgan fingerprint density at radius 2 is 2.13 bits per heavy atom. The summed E-state index contributed by atoms with van der Waals surface area (Å²) in [5, 5.41) is 7.07. The van der Waals surface area contributed by atoms with Crippen LogP contribution in [0.4, 0.5) is 0 Å². The van der Waals surface area contributed by atoms with Crippen molar-refractivity contribution in [2.24, 2.45) is 21.1 Å². The topological polar surface area (TPSA) is 91.9 Å². The van der Waals surface area contributed by atoms with Gasteiger partial charge in [-0.15, -0.1) is 16.5 Å². The van der Waals surface area contributed by atoms with Crippen LogP contribution >= 0.6 is 11.3 Å². The molecule has 3 N–H and O–H groups in total. The van der Waals surface area contributed by atoms with Crippen LogP contribution in [-0.2, 0) is 6.54 Å². The van der Waals surface area contributed by atoms with Crippen LogP contribution in [0.1, 0.15) is 42.7 Å². The Morgan fingerprint density at radius 1 is 1.29 bits per heavy atom. The first kappa shape index (κ1) is 22.2. The van der Waals surface area contributed by atoms with Crippen molar-refractivity contribution in [3.8, 4) is 23.1 Å². The molecule has 0 atom stereocenters. The molecule has 0 aliphatic rings. The van der Waals surface area contributed by atoms with Gasteiger partial charge in [0.25, 0.3) is 0 Å². The van der Waals surface area contributed by atoms with E-state index in [0.29, 0.717) is 0 Å². The fraction of sp³-hybridized carbons (Fsp3) is 0.250. The number of unbranched alkanes of at least 4 members (excludes halogenated alkanes) is 1. The number of hydrazone groups is 1. The Morgan fingerprint density at radius 3 is 2.81 bits per heavy atom. The highest BCUT2D eigenvalue weighted by Gasteiger charge is 2.17. The van der Waals surface area contributed by atoms with Gasteiger partial charge in [0.2, 0.25) is 5.84 Å². The van der Waals surface area contributed by atoms with Crippen molar-refractivity contribution in [1.82, 2.24) is 4.57 Å². The first-order valence-corrected chi connectivity index (χ1v) is 11.0. The maximum atomic E-state index is 7.29. The largest absolute Gasteiger partial charge is 0.340 e. The second-order valence-electron chi connectivity index (χ2n) is 6.98. The molecule has 0 saturated carbocycles. The van der Waals surface area contributed by atoms with Crippen LogP contribution in [0.15, 0.2) is 57.8 Å². The summed E-state index contributed by atoms with van der Waals surface area (Å²) in [6, 6.07) is 10.6. The second kappa shape index (κ2) is 10.5. The number of fused-ring (bicyclic) bond motifs is 1. The second-order valence-corrected chi connectivity index (χ2v) is 8.07. The first-order chi connectivity index (χ1) is 15.1. The predicted octanol–water partition coefficient (Wildman–Crippen LogP) is 6.09. The van der Waals surface area contributed by atoms with Crippen molar-refractivity contribution < 1.29 is 0 Å². The molecule has 0 spiro atoms. The fourth-order valence-electron chi connectivity index (χ4n) is 3.40. The molecule has 0 radical (unpaired) electrons. The molecular formula is C24H26N6S. The van der Waals surface area contributed by atoms with Crippen LogP contribution in [-0.4, -0.2) is 16.6 Å². The maximum absolute atomic E-state index is 7.29. The van der Waals surface area contributed by atoms with Gasteiger partial charge < -0.3 is 10.4 Å².